The van der Waals surface area contributed by atoms with Gasteiger partial charge in [-0.2, -0.15) is 0 Å². The third-order valence-electron chi connectivity index (χ3n) is 4.69. The van der Waals surface area contributed by atoms with E-state index in [1.54, 1.807) is 60.7 Å². The summed E-state index contributed by atoms with van der Waals surface area (Å²) in [7, 11) is 2.84. The number of nitrogens with one attached hydrogen (secondary N) is 2. The monoisotopic (exact) mass is 524 g/mol. The molecule has 0 saturated heterocycles. The molecule has 0 spiro atoms. The van der Waals surface area contributed by atoms with Gasteiger partial charge in [0.15, 0.2) is 0 Å². The van der Waals surface area contributed by atoms with E-state index in [4.69, 9.17) is 23.2 Å². The summed E-state index contributed by atoms with van der Waals surface area (Å²) in [6.07, 6.45) is 0. The Bertz CT molecular complexity index is 1210. The van der Waals surface area contributed by atoms with E-state index in [9.17, 15) is 9.59 Å². The Balaban J connectivity index is 1.48. The Kier molecular flexibility index (Phi) is 8.19. The highest BCUT2D eigenvalue weighted by Crippen LogP contribution is 2.40. The molecule has 4 aromatic rings. The van der Waals surface area contributed by atoms with Crippen molar-refractivity contribution < 1.29 is 9.59 Å². The third kappa shape index (κ3) is 6.36. The smallest absolute Gasteiger partial charge is 0.256 e. The van der Waals surface area contributed by atoms with Gasteiger partial charge in [-0.25, -0.2) is 0 Å². The number of carbonyl (C=O) groups excluding carboxylic acids is 2. The van der Waals surface area contributed by atoms with E-state index in [2.05, 4.69) is 10.6 Å². The first-order valence-electron chi connectivity index (χ1n) is 10.2. The SMILES string of the molecule is O=C(Nc1ccc(Cl)cc1)c1ccccc1SSc1ccccc1C(=O)Nc1ccc(Cl)cc1. The predicted molar refractivity (Wildman–Crippen MR) is 143 cm³/mol. The van der Waals surface area contributed by atoms with E-state index in [0.29, 0.717) is 32.5 Å². The molecule has 0 aliphatic heterocycles. The first-order valence-corrected chi connectivity index (χ1v) is 13.1. The second-order valence-electron chi connectivity index (χ2n) is 7.08. The van der Waals surface area contributed by atoms with Crippen molar-refractivity contribution in [2.45, 2.75) is 9.79 Å². The number of rotatable bonds is 7. The summed E-state index contributed by atoms with van der Waals surface area (Å²) >= 11 is 11.8. The van der Waals surface area contributed by atoms with Crippen LogP contribution < -0.4 is 10.6 Å². The summed E-state index contributed by atoms with van der Waals surface area (Å²) in [5.74, 6) is -0.445. The fourth-order valence-corrected chi connectivity index (χ4v) is 5.62. The number of hydrogen-bond acceptors (Lipinski definition) is 4. The minimum absolute atomic E-state index is 0.222. The number of benzene rings is 4. The van der Waals surface area contributed by atoms with Crippen LogP contribution in [-0.4, -0.2) is 11.8 Å². The largest absolute Gasteiger partial charge is 0.322 e. The highest BCUT2D eigenvalue weighted by atomic mass is 35.5. The van der Waals surface area contributed by atoms with Crippen LogP contribution in [-0.2, 0) is 0 Å². The molecule has 170 valence electrons. The fraction of sp³-hybridized carbons (Fsp3) is 0. The van der Waals surface area contributed by atoms with Gasteiger partial charge < -0.3 is 10.6 Å². The Morgan fingerprint density at radius 1 is 0.529 bits per heavy atom. The van der Waals surface area contributed by atoms with Crippen molar-refractivity contribution in [2.24, 2.45) is 0 Å². The highest BCUT2D eigenvalue weighted by molar-refractivity contribution is 8.76. The van der Waals surface area contributed by atoms with Crippen molar-refractivity contribution in [1.82, 2.24) is 0 Å². The van der Waals surface area contributed by atoms with Gasteiger partial charge >= 0.3 is 0 Å². The second kappa shape index (κ2) is 11.5. The first-order chi connectivity index (χ1) is 16.5. The molecule has 0 aromatic heterocycles. The van der Waals surface area contributed by atoms with Crippen LogP contribution >= 0.6 is 44.8 Å². The van der Waals surface area contributed by atoms with Crippen molar-refractivity contribution in [2.75, 3.05) is 10.6 Å². The molecule has 8 heteroatoms. The fourth-order valence-electron chi connectivity index (χ4n) is 3.01. The quantitative estimate of drug-likeness (QED) is 0.238. The standard InChI is InChI=1S/C26H18Cl2N2O2S2/c27-17-9-13-19(14-10-17)29-25(31)21-5-1-3-7-23(21)33-34-24-8-4-2-6-22(24)26(32)30-20-15-11-18(28)12-16-20/h1-16H,(H,29,31)(H,30,32). The lowest BCUT2D eigenvalue weighted by Crippen LogP contribution is -2.13. The molecular weight excluding hydrogens is 507 g/mol. The average molecular weight is 525 g/mol. The van der Waals surface area contributed by atoms with E-state index in [1.807, 2.05) is 36.4 Å². The summed E-state index contributed by atoms with van der Waals surface area (Å²) in [4.78, 5) is 27.4. The lowest BCUT2D eigenvalue weighted by Gasteiger charge is -2.12. The zero-order chi connectivity index (χ0) is 23.9. The molecule has 34 heavy (non-hydrogen) atoms. The zero-order valence-electron chi connectivity index (χ0n) is 17.6. The predicted octanol–water partition coefficient (Wildman–Crippen LogP) is 8.30. The van der Waals surface area contributed by atoms with Crippen molar-refractivity contribution in [3.63, 3.8) is 0 Å². The molecular formula is C26H18Cl2N2O2S2. The first kappa shape index (κ1) is 24.2. The van der Waals surface area contributed by atoms with Gasteiger partial charge in [-0.05, 0) is 72.8 Å². The normalized spacial score (nSPS) is 10.5. The van der Waals surface area contributed by atoms with Gasteiger partial charge in [-0.1, -0.05) is 69.1 Å². The summed E-state index contributed by atoms with van der Waals surface area (Å²) in [5, 5.41) is 6.98. The zero-order valence-corrected chi connectivity index (χ0v) is 20.8. The maximum Gasteiger partial charge on any atom is 0.256 e. The Morgan fingerprint density at radius 3 is 1.26 bits per heavy atom. The van der Waals surface area contributed by atoms with E-state index in [0.717, 1.165) is 9.79 Å². The molecule has 4 nitrogen and oxygen atoms in total. The van der Waals surface area contributed by atoms with Crippen molar-refractivity contribution in [3.8, 4) is 0 Å². The summed E-state index contributed by atoms with van der Waals surface area (Å²) in [5.41, 5.74) is 2.40. The van der Waals surface area contributed by atoms with Crippen LogP contribution in [0.25, 0.3) is 0 Å². The molecule has 0 unspecified atom stereocenters. The third-order valence-corrected chi connectivity index (χ3v) is 7.67. The van der Waals surface area contributed by atoms with Crippen LogP contribution in [0.5, 0.6) is 0 Å². The van der Waals surface area contributed by atoms with Crippen LogP contribution in [0.4, 0.5) is 11.4 Å². The molecule has 0 radical (unpaired) electrons. The molecule has 0 aliphatic rings. The van der Waals surface area contributed by atoms with Gasteiger partial charge in [0, 0.05) is 31.2 Å². The molecule has 0 heterocycles. The van der Waals surface area contributed by atoms with Gasteiger partial charge in [0.1, 0.15) is 0 Å². The van der Waals surface area contributed by atoms with Gasteiger partial charge in [0.2, 0.25) is 0 Å². The maximum absolute atomic E-state index is 12.9. The summed E-state index contributed by atoms with van der Waals surface area (Å²) in [6.45, 7) is 0. The van der Waals surface area contributed by atoms with Crippen molar-refractivity contribution in [1.29, 1.82) is 0 Å². The molecule has 0 fully saturated rings. The lowest BCUT2D eigenvalue weighted by molar-refractivity contribution is 0.101. The highest BCUT2D eigenvalue weighted by Gasteiger charge is 2.16. The lowest BCUT2D eigenvalue weighted by atomic mass is 10.2. The van der Waals surface area contributed by atoms with E-state index < -0.39 is 0 Å². The number of hydrogen-bond donors (Lipinski definition) is 2. The van der Waals surface area contributed by atoms with Crippen molar-refractivity contribution >= 4 is 68.0 Å². The van der Waals surface area contributed by atoms with Crippen LogP contribution in [0.15, 0.2) is 107 Å². The van der Waals surface area contributed by atoms with Crippen LogP contribution in [0.3, 0.4) is 0 Å². The van der Waals surface area contributed by atoms with Gasteiger partial charge in [0.05, 0.1) is 11.1 Å². The Hall–Kier alpha value is -2.90. The number of anilines is 2. The minimum atomic E-state index is -0.222. The van der Waals surface area contributed by atoms with Gasteiger partial charge in [-0.15, -0.1) is 0 Å². The summed E-state index contributed by atoms with van der Waals surface area (Å²) < 4.78 is 0. The second-order valence-corrected chi connectivity index (χ2v) is 10.2. The molecule has 0 atom stereocenters. The van der Waals surface area contributed by atoms with Gasteiger partial charge in [-0.3, -0.25) is 9.59 Å². The van der Waals surface area contributed by atoms with Crippen molar-refractivity contribution in [3.05, 3.63) is 118 Å². The molecule has 4 aromatic carbocycles. The Labute approximate surface area is 215 Å². The summed E-state index contributed by atoms with van der Waals surface area (Å²) in [6, 6.07) is 28.6. The molecule has 0 saturated carbocycles. The van der Waals surface area contributed by atoms with Crippen LogP contribution in [0, 0.1) is 0 Å². The maximum atomic E-state index is 12.9. The topological polar surface area (TPSA) is 58.2 Å². The molecule has 0 bridgehead atoms. The number of carbonyl (C=O) groups is 2. The minimum Gasteiger partial charge on any atom is -0.322 e. The molecule has 0 aliphatic carbocycles. The van der Waals surface area contributed by atoms with Crippen LogP contribution in [0.2, 0.25) is 10.0 Å². The molecule has 2 amide bonds. The van der Waals surface area contributed by atoms with Crippen LogP contribution in [0.1, 0.15) is 20.7 Å². The number of amides is 2. The molecule has 2 N–H and O–H groups in total. The number of halogens is 2. The average Bonchev–Trinajstić information content (AvgIpc) is 2.86. The Morgan fingerprint density at radius 2 is 0.882 bits per heavy atom. The van der Waals surface area contributed by atoms with E-state index in [-0.39, 0.29) is 11.8 Å². The van der Waals surface area contributed by atoms with E-state index in [1.165, 1.54) is 21.6 Å². The van der Waals surface area contributed by atoms with Gasteiger partial charge in [0.25, 0.3) is 11.8 Å². The van der Waals surface area contributed by atoms with E-state index >= 15 is 0 Å². The molecule has 4 rings (SSSR count).